The second-order valence-electron chi connectivity index (χ2n) is 9.28. The van der Waals surface area contributed by atoms with Crippen molar-refractivity contribution in [2.24, 2.45) is 0 Å². The molecule has 1 aliphatic heterocycles. The molecule has 0 atom stereocenters. The van der Waals surface area contributed by atoms with Crippen molar-refractivity contribution in [1.82, 2.24) is 20.0 Å². The van der Waals surface area contributed by atoms with Crippen LogP contribution < -0.4 is 5.32 Å². The summed E-state index contributed by atoms with van der Waals surface area (Å²) in [5.74, 6) is 0. The van der Waals surface area contributed by atoms with E-state index in [1.54, 1.807) is 11.9 Å². The molecule has 1 N–H and O–H groups in total. The van der Waals surface area contributed by atoms with Crippen LogP contribution in [0.4, 0.5) is 9.59 Å². The van der Waals surface area contributed by atoms with Crippen molar-refractivity contribution >= 4 is 12.2 Å². The Bertz CT molecular complexity index is 685. The monoisotopic (exact) mass is 448 g/mol. The van der Waals surface area contributed by atoms with Crippen molar-refractivity contribution in [1.29, 1.82) is 0 Å². The van der Waals surface area contributed by atoms with E-state index in [-0.39, 0.29) is 12.2 Å². The Labute approximate surface area is 192 Å². The molecular formula is C24H40N4O4. The number of piperazine rings is 1. The topological polar surface area (TPSA) is 74.4 Å². The second-order valence-corrected chi connectivity index (χ2v) is 9.28. The lowest BCUT2D eigenvalue weighted by Gasteiger charge is -2.35. The van der Waals surface area contributed by atoms with Crippen LogP contribution in [0.3, 0.4) is 0 Å². The van der Waals surface area contributed by atoms with E-state index in [2.05, 4.69) is 15.1 Å². The van der Waals surface area contributed by atoms with Crippen LogP contribution in [0.15, 0.2) is 30.3 Å². The average molecular weight is 449 g/mol. The van der Waals surface area contributed by atoms with Gasteiger partial charge < -0.3 is 29.5 Å². The number of carbonyl (C=O) groups is 2. The lowest BCUT2D eigenvalue weighted by molar-refractivity contribution is 0.0289. The molecule has 1 fully saturated rings. The molecule has 0 unspecified atom stereocenters. The number of ether oxygens (including phenoxy) is 2. The van der Waals surface area contributed by atoms with Crippen LogP contribution in [-0.4, -0.2) is 91.9 Å². The van der Waals surface area contributed by atoms with Crippen molar-refractivity contribution < 1.29 is 19.1 Å². The predicted octanol–water partition coefficient (Wildman–Crippen LogP) is 3.18. The van der Waals surface area contributed by atoms with Gasteiger partial charge in [0.15, 0.2) is 0 Å². The minimum Gasteiger partial charge on any atom is -0.445 e. The molecule has 8 nitrogen and oxygen atoms in total. The van der Waals surface area contributed by atoms with Gasteiger partial charge in [0.25, 0.3) is 0 Å². The fourth-order valence-corrected chi connectivity index (χ4v) is 3.47. The Morgan fingerprint density at radius 1 is 1.00 bits per heavy atom. The Morgan fingerprint density at radius 2 is 1.59 bits per heavy atom. The van der Waals surface area contributed by atoms with Crippen molar-refractivity contribution in [2.45, 2.75) is 45.8 Å². The highest BCUT2D eigenvalue weighted by Gasteiger charge is 2.20. The standard InChI is InChI=1S/C24H40N4O4/c1-24(2,3)32-23(30)26(4)13-9-15-28-18-16-27(17-19-28)14-8-12-25-22(29)31-20-21-10-6-5-7-11-21/h5-7,10-11H,8-9,12-20H2,1-4H3,(H,25,29). The SMILES string of the molecule is CN(CCCN1CCN(CCCNC(=O)OCc2ccccc2)CC1)C(=O)OC(C)(C)C. The summed E-state index contributed by atoms with van der Waals surface area (Å²) in [6.45, 7) is 13.3. The first-order valence-electron chi connectivity index (χ1n) is 11.6. The molecule has 1 aromatic carbocycles. The highest BCUT2D eigenvalue weighted by atomic mass is 16.6. The Morgan fingerprint density at radius 3 is 2.19 bits per heavy atom. The molecule has 32 heavy (non-hydrogen) atoms. The van der Waals surface area contributed by atoms with Crippen molar-refractivity contribution in [3.05, 3.63) is 35.9 Å². The fraction of sp³-hybridized carbons (Fsp3) is 0.667. The number of alkyl carbamates (subject to hydrolysis) is 1. The van der Waals surface area contributed by atoms with Gasteiger partial charge in [-0.25, -0.2) is 9.59 Å². The van der Waals surface area contributed by atoms with E-state index in [1.165, 1.54) is 0 Å². The third-order valence-electron chi connectivity index (χ3n) is 5.27. The van der Waals surface area contributed by atoms with Gasteiger partial charge in [-0.05, 0) is 52.3 Å². The van der Waals surface area contributed by atoms with Crippen LogP contribution in [0.1, 0.15) is 39.2 Å². The lowest BCUT2D eigenvalue weighted by atomic mass is 10.2. The molecule has 0 saturated carbocycles. The van der Waals surface area contributed by atoms with Crippen LogP contribution in [0.25, 0.3) is 0 Å². The highest BCUT2D eigenvalue weighted by molar-refractivity contribution is 5.67. The molecule has 0 aliphatic carbocycles. The summed E-state index contributed by atoms with van der Waals surface area (Å²) < 4.78 is 10.6. The van der Waals surface area contributed by atoms with E-state index >= 15 is 0 Å². The minimum absolute atomic E-state index is 0.264. The van der Waals surface area contributed by atoms with Gasteiger partial charge in [0.1, 0.15) is 12.2 Å². The maximum Gasteiger partial charge on any atom is 0.410 e. The smallest absolute Gasteiger partial charge is 0.410 e. The summed E-state index contributed by atoms with van der Waals surface area (Å²) in [4.78, 5) is 30.3. The number of hydrogen-bond donors (Lipinski definition) is 1. The summed E-state index contributed by atoms with van der Waals surface area (Å²) >= 11 is 0. The molecule has 0 radical (unpaired) electrons. The van der Waals surface area contributed by atoms with Gasteiger partial charge in [0, 0.05) is 46.3 Å². The Balaban J connectivity index is 1.48. The minimum atomic E-state index is -0.459. The summed E-state index contributed by atoms with van der Waals surface area (Å²) in [5, 5.41) is 2.82. The maximum absolute atomic E-state index is 12.0. The van der Waals surface area contributed by atoms with Gasteiger partial charge in [-0.15, -0.1) is 0 Å². The zero-order chi connectivity index (χ0) is 23.4. The van der Waals surface area contributed by atoms with Gasteiger partial charge in [-0.2, -0.15) is 0 Å². The molecule has 8 heteroatoms. The van der Waals surface area contributed by atoms with Crippen LogP contribution >= 0.6 is 0 Å². The molecule has 1 saturated heterocycles. The molecule has 180 valence electrons. The zero-order valence-electron chi connectivity index (χ0n) is 20.1. The van der Waals surface area contributed by atoms with Crippen LogP contribution in [-0.2, 0) is 16.1 Å². The summed E-state index contributed by atoms with van der Waals surface area (Å²) in [5.41, 5.74) is 0.525. The first-order chi connectivity index (χ1) is 15.2. The normalized spacial score (nSPS) is 15.2. The number of amides is 2. The van der Waals surface area contributed by atoms with Gasteiger partial charge in [-0.1, -0.05) is 30.3 Å². The molecule has 2 amide bonds. The average Bonchev–Trinajstić information content (AvgIpc) is 2.75. The zero-order valence-corrected chi connectivity index (χ0v) is 20.1. The molecule has 2 rings (SSSR count). The van der Waals surface area contributed by atoms with Crippen LogP contribution in [0.5, 0.6) is 0 Å². The number of hydrogen-bond acceptors (Lipinski definition) is 6. The van der Waals surface area contributed by atoms with E-state index in [1.807, 2.05) is 51.1 Å². The fourth-order valence-electron chi connectivity index (χ4n) is 3.47. The number of carbonyl (C=O) groups excluding carboxylic acids is 2. The van der Waals surface area contributed by atoms with Crippen molar-refractivity contribution in [2.75, 3.05) is 59.4 Å². The second kappa shape index (κ2) is 13.3. The first kappa shape index (κ1) is 25.9. The number of benzene rings is 1. The quantitative estimate of drug-likeness (QED) is 0.554. The molecule has 1 aromatic rings. The maximum atomic E-state index is 12.0. The summed E-state index contributed by atoms with van der Waals surface area (Å²) in [6.07, 6.45) is 1.21. The summed E-state index contributed by atoms with van der Waals surface area (Å²) in [6, 6.07) is 9.67. The van der Waals surface area contributed by atoms with E-state index in [0.717, 1.165) is 57.7 Å². The van der Waals surface area contributed by atoms with Gasteiger partial charge >= 0.3 is 12.2 Å². The van der Waals surface area contributed by atoms with Crippen molar-refractivity contribution in [3.8, 4) is 0 Å². The number of nitrogens with one attached hydrogen (secondary N) is 1. The van der Waals surface area contributed by atoms with E-state index in [4.69, 9.17) is 9.47 Å². The first-order valence-corrected chi connectivity index (χ1v) is 11.6. The van der Waals surface area contributed by atoms with Gasteiger partial charge in [0.05, 0.1) is 0 Å². The van der Waals surface area contributed by atoms with E-state index in [9.17, 15) is 9.59 Å². The number of rotatable bonds is 10. The van der Waals surface area contributed by atoms with Gasteiger partial charge in [-0.3, -0.25) is 0 Å². The Kier molecular flexibility index (Phi) is 10.8. The molecular weight excluding hydrogens is 408 g/mol. The highest BCUT2D eigenvalue weighted by Crippen LogP contribution is 2.10. The summed E-state index contributed by atoms with van der Waals surface area (Å²) in [7, 11) is 1.79. The van der Waals surface area contributed by atoms with Gasteiger partial charge in [0.2, 0.25) is 0 Å². The number of nitrogens with zero attached hydrogens (tertiary/aromatic N) is 3. The molecule has 1 aliphatic rings. The van der Waals surface area contributed by atoms with E-state index < -0.39 is 5.60 Å². The molecule has 0 spiro atoms. The van der Waals surface area contributed by atoms with Crippen LogP contribution in [0, 0.1) is 0 Å². The molecule has 0 aromatic heterocycles. The van der Waals surface area contributed by atoms with Crippen molar-refractivity contribution in [3.63, 3.8) is 0 Å². The Hall–Kier alpha value is -2.32. The molecule has 0 bridgehead atoms. The van der Waals surface area contributed by atoms with E-state index in [0.29, 0.717) is 19.7 Å². The third kappa shape index (κ3) is 10.8. The third-order valence-corrected chi connectivity index (χ3v) is 5.27. The molecule has 1 heterocycles. The largest absolute Gasteiger partial charge is 0.445 e. The van der Waals surface area contributed by atoms with Crippen LogP contribution in [0.2, 0.25) is 0 Å². The predicted molar refractivity (Wildman–Crippen MR) is 126 cm³/mol. The lowest BCUT2D eigenvalue weighted by Crippen LogP contribution is -2.47.